The molecule has 28 heavy (non-hydrogen) atoms. The van der Waals surface area contributed by atoms with Crippen molar-refractivity contribution in [2.24, 2.45) is 0 Å². The van der Waals surface area contributed by atoms with Crippen LogP contribution >= 0.6 is 0 Å². The summed E-state index contributed by atoms with van der Waals surface area (Å²) in [5, 5.41) is 4.20. The van der Waals surface area contributed by atoms with Crippen molar-refractivity contribution >= 4 is 21.6 Å². The van der Waals surface area contributed by atoms with E-state index in [1.54, 1.807) is 13.8 Å². The van der Waals surface area contributed by atoms with E-state index in [4.69, 9.17) is 4.74 Å². The van der Waals surface area contributed by atoms with Gasteiger partial charge in [-0.25, -0.2) is 22.4 Å². The summed E-state index contributed by atoms with van der Waals surface area (Å²) in [4.78, 5) is 25.0. The van der Waals surface area contributed by atoms with E-state index < -0.39 is 27.7 Å². The molecule has 0 radical (unpaired) electrons. The van der Waals surface area contributed by atoms with Crippen LogP contribution in [0.5, 0.6) is 0 Å². The molecule has 3 rings (SSSR count). The number of esters is 1. The first-order chi connectivity index (χ1) is 13.4. The first kappa shape index (κ1) is 20.5. The zero-order valence-corrected chi connectivity index (χ0v) is 17.0. The monoisotopic (exact) mass is 410 g/mol. The van der Waals surface area contributed by atoms with Crippen molar-refractivity contribution in [2.75, 3.05) is 19.7 Å². The highest BCUT2D eigenvalue weighted by atomic mass is 32.2. The number of fused-ring (bicyclic) bond motifs is 1. The highest BCUT2D eigenvalue weighted by Gasteiger charge is 2.28. The zero-order chi connectivity index (χ0) is 20.3. The molecule has 0 N–H and O–H groups in total. The topological polar surface area (TPSA) is 103 Å². The second-order valence-corrected chi connectivity index (χ2v) is 8.75. The average molecular weight is 410 g/mol. The quantitative estimate of drug-likeness (QED) is 0.670. The number of pyridine rings is 1. The molecule has 1 atom stereocenters. The normalized spacial score (nSPS) is 17.4. The number of carbonyl (C=O) groups excluding carboxylic acids is 1. The predicted molar refractivity (Wildman–Crippen MR) is 103 cm³/mol. The molecule has 0 saturated carbocycles. The largest absolute Gasteiger partial charge is 0.464 e. The second kappa shape index (κ2) is 8.44. The molecule has 3 heterocycles. The molecule has 1 saturated heterocycles. The molecule has 10 heteroatoms. The fraction of sp³-hybridized carbons (Fsp3) is 0.611. The molecule has 0 amide bonds. The van der Waals surface area contributed by atoms with Gasteiger partial charge in [-0.3, -0.25) is 0 Å². The number of ether oxygens (including phenoxy) is 1. The highest BCUT2D eigenvalue weighted by Crippen LogP contribution is 2.20. The average Bonchev–Trinajstić information content (AvgIpc) is 2.86. The van der Waals surface area contributed by atoms with Crippen molar-refractivity contribution in [2.45, 2.75) is 56.9 Å². The van der Waals surface area contributed by atoms with Crippen LogP contribution in [0.3, 0.4) is 0 Å². The fourth-order valence-corrected chi connectivity index (χ4v) is 4.95. The summed E-state index contributed by atoms with van der Waals surface area (Å²) in [6.07, 6.45) is 5.32. The van der Waals surface area contributed by atoms with Gasteiger partial charge in [0.1, 0.15) is 0 Å². The molecule has 9 nitrogen and oxygen atoms in total. The maximum atomic E-state index is 13.0. The first-order valence-corrected chi connectivity index (χ1v) is 11.1. The van der Waals surface area contributed by atoms with Crippen molar-refractivity contribution in [3.05, 3.63) is 28.8 Å². The predicted octanol–water partition coefficient (Wildman–Crippen LogP) is 1.57. The third-order valence-corrected chi connectivity index (χ3v) is 6.84. The van der Waals surface area contributed by atoms with Crippen molar-refractivity contribution in [3.8, 4) is 0 Å². The van der Waals surface area contributed by atoms with Crippen LogP contribution in [-0.2, 0) is 19.6 Å². The molecule has 0 aliphatic carbocycles. The lowest BCUT2D eigenvalue weighted by Gasteiger charge is -2.19. The molecule has 0 unspecified atom stereocenters. The van der Waals surface area contributed by atoms with Crippen molar-refractivity contribution in [1.82, 2.24) is 18.5 Å². The third-order valence-electron chi connectivity index (χ3n) is 4.96. The van der Waals surface area contributed by atoms with Gasteiger partial charge in [0, 0.05) is 19.3 Å². The van der Waals surface area contributed by atoms with Crippen LogP contribution in [0.15, 0.2) is 28.0 Å². The van der Waals surface area contributed by atoms with Crippen LogP contribution in [0.1, 0.15) is 52.0 Å². The van der Waals surface area contributed by atoms with Crippen LogP contribution in [0.4, 0.5) is 0 Å². The van der Waals surface area contributed by atoms with Crippen LogP contribution < -0.4 is 5.69 Å². The highest BCUT2D eigenvalue weighted by molar-refractivity contribution is 7.89. The number of sulfonamides is 1. The summed E-state index contributed by atoms with van der Waals surface area (Å²) in [5.41, 5.74) is -0.287. The van der Waals surface area contributed by atoms with E-state index in [0.717, 1.165) is 30.4 Å². The number of rotatable bonds is 6. The van der Waals surface area contributed by atoms with E-state index in [1.807, 2.05) is 0 Å². The van der Waals surface area contributed by atoms with Crippen LogP contribution in [0.2, 0.25) is 0 Å². The Kier molecular flexibility index (Phi) is 6.19. The molecule has 0 aromatic carbocycles. The minimum Gasteiger partial charge on any atom is -0.464 e. The molecule has 0 spiro atoms. The molecule has 2 aromatic rings. The van der Waals surface area contributed by atoms with E-state index in [-0.39, 0.29) is 17.1 Å². The van der Waals surface area contributed by atoms with Gasteiger partial charge in [0.05, 0.1) is 11.5 Å². The standard InChI is InChI=1S/C18H26N4O5S/c1-3-15(17(23)27-4-2)22-18(24)21-13-14(9-10-16(21)19-22)28(25,26)20-11-7-5-6-8-12-20/h9-10,13,15H,3-8,11-12H2,1-2H3/t15-/m0/s1. The summed E-state index contributed by atoms with van der Waals surface area (Å²) < 4.78 is 34.7. The summed E-state index contributed by atoms with van der Waals surface area (Å²) in [6, 6.07) is 2.09. The Morgan fingerprint density at radius 2 is 1.86 bits per heavy atom. The van der Waals surface area contributed by atoms with Gasteiger partial charge in [-0.1, -0.05) is 19.8 Å². The number of carbonyl (C=O) groups is 1. The Bertz CT molecular complexity index is 1000. The van der Waals surface area contributed by atoms with Gasteiger partial charge in [-0.2, -0.15) is 8.99 Å². The van der Waals surface area contributed by atoms with Gasteiger partial charge >= 0.3 is 11.7 Å². The smallest absolute Gasteiger partial charge is 0.351 e. The van der Waals surface area contributed by atoms with Gasteiger partial charge in [0.15, 0.2) is 11.7 Å². The van der Waals surface area contributed by atoms with E-state index in [9.17, 15) is 18.0 Å². The Hall–Kier alpha value is -2.20. The fourth-order valence-electron chi connectivity index (χ4n) is 3.44. The SMILES string of the molecule is CCOC(=O)[C@H](CC)n1nc2ccc(S(=O)(=O)N3CCCCCC3)cn2c1=O. The van der Waals surface area contributed by atoms with Crippen molar-refractivity contribution in [1.29, 1.82) is 0 Å². The van der Waals surface area contributed by atoms with E-state index in [0.29, 0.717) is 19.5 Å². The Morgan fingerprint density at radius 1 is 1.18 bits per heavy atom. The van der Waals surface area contributed by atoms with Gasteiger partial charge in [-0.15, -0.1) is 5.10 Å². The zero-order valence-electron chi connectivity index (χ0n) is 16.2. The molecule has 0 bridgehead atoms. The Balaban J connectivity index is 2.01. The second-order valence-electron chi connectivity index (χ2n) is 6.81. The Labute approximate surface area is 163 Å². The molecule has 1 aliphatic rings. The summed E-state index contributed by atoms with van der Waals surface area (Å²) in [5.74, 6) is -0.534. The number of hydrogen-bond donors (Lipinski definition) is 0. The lowest BCUT2D eigenvalue weighted by Crippen LogP contribution is -2.33. The van der Waals surface area contributed by atoms with Crippen LogP contribution in [0.25, 0.3) is 5.65 Å². The minimum absolute atomic E-state index is 0.0488. The van der Waals surface area contributed by atoms with Crippen LogP contribution in [-0.4, -0.2) is 52.6 Å². The molecule has 2 aromatic heterocycles. The maximum absolute atomic E-state index is 13.0. The van der Waals surface area contributed by atoms with Crippen molar-refractivity contribution in [3.63, 3.8) is 0 Å². The number of nitrogens with zero attached hydrogens (tertiary/aromatic N) is 4. The molecular formula is C18H26N4O5S. The minimum atomic E-state index is -3.69. The van der Waals surface area contributed by atoms with Gasteiger partial charge in [-0.05, 0) is 38.3 Å². The van der Waals surface area contributed by atoms with E-state index in [1.165, 1.54) is 27.0 Å². The summed E-state index contributed by atoms with van der Waals surface area (Å²) in [7, 11) is -3.69. The maximum Gasteiger partial charge on any atom is 0.351 e. The number of aromatic nitrogens is 3. The van der Waals surface area contributed by atoms with E-state index >= 15 is 0 Å². The van der Waals surface area contributed by atoms with Crippen LogP contribution in [0, 0.1) is 0 Å². The third kappa shape index (κ3) is 3.83. The lowest BCUT2D eigenvalue weighted by molar-refractivity contribution is -0.147. The Morgan fingerprint density at radius 3 is 2.46 bits per heavy atom. The molecule has 1 aliphatic heterocycles. The van der Waals surface area contributed by atoms with Gasteiger partial charge in [0.25, 0.3) is 0 Å². The molecular weight excluding hydrogens is 384 g/mol. The lowest BCUT2D eigenvalue weighted by atomic mass is 10.2. The first-order valence-electron chi connectivity index (χ1n) is 9.67. The molecule has 154 valence electrons. The number of hydrogen-bond acceptors (Lipinski definition) is 6. The van der Waals surface area contributed by atoms with E-state index in [2.05, 4.69) is 5.10 Å². The van der Waals surface area contributed by atoms with Crippen molar-refractivity contribution < 1.29 is 17.9 Å². The van der Waals surface area contributed by atoms with Gasteiger partial charge < -0.3 is 4.74 Å². The molecule has 1 fully saturated rings. The van der Waals surface area contributed by atoms with Gasteiger partial charge in [0.2, 0.25) is 10.0 Å². The summed E-state index contributed by atoms with van der Waals surface area (Å²) in [6.45, 7) is 4.62. The summed E-state index contributed by atoms with van der Waals surface area (Å²) >= 11 is 0.